The van der Waals surface area contributed by atoms with E-state index in [0.717, 1.165) is 37.9 Å². The first-order valence-electron chi connectivity index (χ1n) is 7.07. The van der Waals surface area contributed by atoms with E-state index < -0.39 is 5.60 Å². The molecular formula is C15H22N2O3. The normalized spacial score (nSPS) is 20.2. The van der Waals surface area contributed by atoms with Gasteiger partial charge in [0.25, 0.3) is 5.69 Å². The Morgan fingerprint density at radius 3 is 2.60 bits per heavy atom. The van der Waals surface area contributed by atoms with E-state index in [1.807, 2.05) is 26.0 Å². The lowest BCUT2D eigenvalue weighted by atomic mass is 9.96. The van der Waals surface area contributed by atoms with Gasteiger partial charge in [-0.1, -0.05) is 12.1 Å². The maximum atomic E-state index is 10.6. The predicted molar refractivity (Wildman–Crippen MR) is 77.7 cm³/mol. The first kappa shape index (κ1) is 14.9. The first-order valence-corrected chi connectivity index (χ1v) is 7.07. The number of rotatable bonds is 5. The summed E-state index contributed by atoms with van der Waals surface area (Å²) in [6.07, 6.45) is 3.00. The summed E-state index contributed by atoms with van der Waals surface area (Å²) in [7, 11) is 0. The Bertz CT molecular complexity index is 465. The van der Waals surface area contributed by atoms with Crippen molar-refractivity contribution in [3.05, 3.63) is 39.9 Å². The fourth-order valence-electron chi connectivity index (χ4n) is 2.95. The highest BCUT2D eigenvalue weighted by atomic mass is 16.6. The second kappa shape index (κ2) is 5.89. The molecule has 1 aromatic rings. The van der Waals surface area contributed by atoms with Crippen molar-refractivity contribution in [1.29, 1.82) is 0 Å². The summed E-state index contributed by atoms with van der Waals surface area (Å²) in [6, 6.07) is 6.93. The molecular weight excluding hydrogens is 256 g/mol. The van der Waals surface area contributed by atoms with E-state index in [1.54, 1.807) is 12.1 Å². The van der Waals surface area contributed by atoms with Gasteiger partial charge >= 0.3 is 0 Å². The second-order valence-electron chi connectivity index (χ2n) is 6.02. The number of likely N-dealkylation sites (tertiary alicyclic amines) is 1. The van der Waals surface area contributed by atoms with E-state index >= 15 is 0 Å². The number of aliphatic hydroxyl groups is 1. The fraction of sp³-hybridized carbons (Fsp3) is 0.600. The Kier molecular flexibility index (Phi) is 4.40. The van der Waals surface area contributed by atoms with E-state index in [1.165, 1.54) is 0 Å². The number of hydrogen-bond acceptors (Lipinski definition) is 4. The number of nitro groups is 1. The lowest BCUT2D eigenvalue weighted by molar-refractivity contribution is -0.384. The largest absolute Gasteiger partial charge is 0.389 e. The van der Waals surface area contributed by atoms with Crippen LogP contribution in [-0.4, -0.2) is 39.7 Å². The quantitative estimate of drug-likeness (QED) is 0.663. The van der Waals surface area contributed by atoms with Crippen LogP contribution in [-0.2, 0) is 6.42 Å². The van der Waals surface area contributed by atoms with Gasteiger partial charge in [0.05, 0.1) is 10.5 Å². The van der Waals surface area contributed by atoms with Gasteiger partial charge in [0.2, 0.25) is 0 Å². The van der Waals surface area contributed by atoms with Gasteiger partial charge in [0, 0.05) is 24.7 Å². The smallest absolute Gasteiger partial charge is 0.269 e. The molecule has 1 fully saturated rings. The molecule has 1 heterocycles. The third kappa shape index (κ3) is 3.55. The van der Waals surface area contributed by atoms with Crippen LogP contribution in [0.15, 0.2) is 24.3 Å². The standard InChI is InChI=1S/C15H22N2O3/c1-15(2,18)14-4-3-10-16(14)11-9-12-5-7-13(8-6-12)17(19)20/h5-8,14,18H,3-4,9-11H2,1-2H3. The maximum absolute atomic E-state index is 10.6. The van der Waals surface area contributed by atoms with Crippen LogP contribution < -0.4 is 0 Å². The summed E-state index contributed by atoms with van der Waals surface area (Å²) in [5.41, 5.74) is 0.549. The lowest BCUT2D eigenvalue weighted by Crippen LogP contribution is -2.46. The molecule has 5 nitrogen and oxygen atoms in total. The second-order valence-corrected chi connectivity index (χ2v) is 6.02. The highest BCUT2D eigenvalue weighted by molar-refractivity contribution is 5.32. The van der Waals surface area contributed by atoms with Crippen molar-refractivity contribution < 1.29 is 10.0 Å². The molecule has 0 aliphatic carbocycles. The first-order chi connectivity index (χ1) is 9.38. The molecule has 1 atom stereocenters. The van der Waals surface area contributed by atoms with Crippen molar-refractivity contribution in [1.82, 2.24) is 4.90 Å². The van der Waals surface area contributed by atoms with Crippen LogP contribution >= 0.6 is 0 Å². The van der Waals surface area contributed by atoms with Gasteiger partial charge < -0.3 is 5.11 Å². The van der Waals surface area contributed by atoms with E-state index in [4.69, 9.17) is 0 Å². The molecule has 20 heavy (non-hydrogen) atoms. The molecule has 110 valence electrons. The van der Waals surface area contributed by atoms with Gasteiger partial charge in [-0.15, -0.1) is 0 Å². The van der Waals surface area contributed by atoms with E-state index in [9.17, 15) is 15.2 Å². The van der Waals surface area contributed by atoms with E-state index in [2.05, 4.69) is 4.90 Å². The van der Waals surface area contributed by atoms with Crippen LogP contribution in [0.1, 0.15) is 32.3 Å². The number of hydrogen-bond donors (Lipinski definition) is 1. The SMILES string of the molecule is CC(C)(O)C1CCCN1CCc1ccc([N+](=O)[O-])cc1. The van der Waals surface area contributed by atoms with Gasteiger partial charge in [0.1, 0.15) is 0 Å². The molecule has 1 aromatic carbocycles. The van der Waals surface area contributed by atoms with E-state index in [-0.39, 0.29) is 16.7 Å². The molecule has 0 radical (unpaired) electrons. The van der Waals surface area contributed by atoms with Crippen LogP contribution in [0.3, 0.4) is 0 Å². The zero-order valence-electron chi connectivity index (χ0n) is 12.1. The van der Waals surface area contributed by atoms with Crippen molar-refractivity contribution in [3.63, 3.8) is 0 Å². The molecule has 1 aliphatic heterocycles. The molecule has 2 rings (SSSR count). The lowest BCUT2D eigenvalue weighted by Gasteiger charge is -2.33. The van der Waals surface area contributed by atoms with Crippen molar-refractivity contribution in [2.45, 2.75) is 44.8 Å². The van der Waals surface area contributed by atoms with Gasteiger partial charge in [-0.25, -0.2) is 0 Å². The van der Waals surface area contributed by atoms with Crippen molar-refractivity contribution in [3.8, 4) is 0 Å². The summed E-state index contributed by atoms with van der Waals surface area (Å²) >= 11 is 0. The molecule has 1 N–H and O–H groups in total. The van der Waals surface area contributed by atoms with Crippen LogP contribution in [0.2, 0.25) is 0 Å². The van der Waals surface area contributed by atoms with Crippen molar-refractivity contribution >= 4 is 5.69 Å². The van der Waals surface area contributed by atoms with E-state index in [0.29, 0.717) is 0 Å². The van der Waals surface area contributed by atoms with Crippen LogP contribution in [0, 0.1) is 10.1 Å². The Hall–Kier alpha value is -1.46. The maximum Gasteiger partial charge on any atom is 0.269 e. The molecule has 0 amide bonds. The van der Waals surface area contributed by atoms with Gasteiger partial charge in [-0.3, -0.25) is 15.0 Å². The number of nitrogens with zero attached hydrogens (tertiary/aromatic N) is 2. The topological polar surface area (TPSA) is 66.6 Å². The summed E-state index contributed by atoms with van der Waals surface area (Å²) in [5, 5.41) is 20.8. The average molecular weight is 278 g/mol. The summed E-state index contributed by atoms with van der Waals surface area (Å²) < 4.78 is 0. The van der Waals surface area contributed by atoms with Gasteiger partial charge in [-0.2, -0.15) is 0 Å². The molecule has 1 saturated heterocycles. The highest BCUT2D eigenvalue weighted by Gasteiger charge is 2.35. The van der Waals surface area contributed by atoms with Crippen molar-refractivity contribution in [2.24, 2.45) is 0 Å². The third-order valence-electron chi connectivity index (χ3n) is 4.01. The van der Waals surface area contributed by atoms with Crippen molar-refractivity contribution in [2.75, 3.05) is 13.1 Å². The monoisotopic (exact) mass is 278 g/mol. The Morgan fingerprint density at radius 1 is 1.40 bits per heavy atom. The summed E-state index contributed by atoms with van der Waals surface area (Å²) in [6.45, 7) is 5.62. The summed E-state index contributed by atoms with van der Waals surface area (Å²) in [5.74, 6) is 0. The number of non-ortho nitro benzene ring substituents is 1. The molecule has 5 heteroatoms. The molecule has 1 unspecified atom stereocenters. The highest BCUT2D eigenvalue weighted by Crippen LogP contribution is 2.26. The molecule has 0 spiro atoms. The Labute approximate surface area is 119 Å². The Morgan fingerprint density at radius 2 is 2.05 bits per heavy atom. The Balaban J connectivity index is 1.93. The summed E-state index contributed by atoms with van der Waals surface area (Å²) in [4.78, 5) is 12.5. The molecule has 0 aromatic heterocycles. The van der Waals surface area contributed by atoms with Crippen LogP contribution in [0.25, 0.3) is 0 Å². The fourth-order valence-corrected chi connectivity index (χ4v) is 2.95. The minimum absolute atomic E-state index is 0.129. The average Bonchev–Trinajstić information content (AvgIpc) is 2.85. The number of benzene rings is 1. The molecule has 1 aliphatic rings. The van der Waals surface area contributed by atoms with Crippen LogP contribution in [0.5, 0.6) is 0 Å². The predicted octanol–water partition coefficient (Wildman–Crippen LogP) is 2.37. The molecule has 0 bridgehead atoms. The zero-order chi connectivity index (χ0) is 14.8. The third-order valence-corrected chi connectivity index (χ3v) is 4.01. The minimum Gasteiger partial charge on any atom is -0.389 e. The molecule has 0 saturated carbocycles. The number of nitro benzene ring substituents is 1. The zero-order valence-corrected chi connectivity index (χ0v) is 12.1. The van der Waals surface area contributed by atoms with Crippen LogP contribution in [0.4, 0.5) is 5.69 Å². The minimum atomic E-state index is -0.675. The van der Waals surface area contributed by atoms with Gasteiger partial charge in [-0.05, 0) is 45.2 Å². The van der Waals surface area contributed by atoms with Gasteiger partial charge in [0.15, 0.2) is 0 Å².